The van der Waals surface area contributed by atoms with Crippen molar-refractivity contribution in [3.8, 4) is 6.07 Å². The highest BCUT2D eigenvalue weighted by atomic mass is 15.0. The Kier molecular flexibility index (Phi) is 2.29. The first-order valence-corrected chi connectivity index (χ1v) is 5.40. The lowest BCUT2D eigenvalue weighted by Crippen LogP contribution is -2.32. The smallest absolute Gasteiger partial charge is 0.0703 e. The molecule has 2 nitrogen and oxygen atoms in total. The summed E-state index contributed by atoms with van der Waals surface area (Å²) in [6, 6.07) is 3.23. The molecule has 2 aliphatic carbocycles. The molecule has 0 radical (unpaired) electrons. The summed E-state index contributed by atoms with van der Waals surface area (Å²) in [7, 11) is 0. The van der Waals surface area contributed by atoms with Gasteiger partial charge < -0.3 is 5.32 Å². The van der Waals surface area contributed by atoms with Gasteiger partial charge in [0.25, 0.3) is 0 Å². The minimum Gasteiger partial charge on any atom is -0.312 e. The van der Waals surface area contributed by atoms with Crippen molar-refractivity contribution in [1.29, 1.82) is 5.26 Å². The number of rotatable bonds is 3. The topological polar surface area (TPSA) is 35.8 Å². The standard InChI is InChI=1S/C11H18N2/c1-9-6-10(9)13-8-11(7-12)4-2-3-5-11/h9-10,13H,2-6,8H2,1H3. The van der Waals surface area contributed by atoms with Crippen LogP contribution < -0.4 is 5.32 Å². The van der Waals surface area contributed by atoms with Crippen LogP contribution in [0, 0.1) is 22.7 Å². The molecule has 2 heteroatoms. The lowest BCUT2D eigenvalue weighted by Gasteiger charge is -2.20. The molecule has 0 amide bonds. The number of nitriles is 1. The first kappa shape index (κ1) is 9.02. The van der Waals surface area contributed by atoms with Gasteiger partial charge in [0.1, 0.15) is 0 Å². The summed E-state index contributed by atoms with van der Waals surface area (Å²) in [5.41, 5.74) is -0.0116. The SMILES string of the molecule is CC1CC1NCC1(C#N)CCCC1. The molecule has 0 heterocycles. The molecule has 1 N–H and O–H groups in total. The second-order valence-electron chi connectivity index (χ2n) is 4.80. The highest BCUT2D eigenvalue weighted by molar-refractivity contribution is 5.05. The van der Waals surface area contributed by atoms with Crippen molar-refractivity contribution in [2.45, 2.75) is 45.1 Å². The molecule has 0 aliphatic heterocycles. The Morgan fingerprint density at radius 3 is 2.54 bits per heavy atom. The summed E-state index contributed by atoms with van der Waals surface area (Å²) in [5, 5.41) is 12.6. The zero-order valence-corrected chi connectivity index (χ0v) is 8.34. The zero-order valence-electron chi connectivity index (χ0n) is 8.34. The van der Waals surface area contributed by atoms with E-state index >= 15 is 0 Å². The van der Waals surface area contributed by atoms with Crippen molar-refractivity contribution in [2.75, 3.05) is 6.54 Å². The van der Waals surface area contributed by atoms with Crippen LogP contribution in [0.4, 0.5) is 0 Å². The third-order valence-electron chi connectivity index (χ3n) is 3.61. The molecular weight excluding hydrogens is 160 g/mol. The van der Waals surface area contributed by atoms with Crippen LogP contribution in [-0.2, 0) is 0 Å². The molecule has 0 aromatic heterocycles. The largest absolute Gasteiger partial charge is 0.312 e. The first-order valence-electron chi connectivity index (χ1n) is 5.40. The summed E-state index contributed by atoms with van der Waals surface area (Å²) in [6.45, 7) is 3.20. The lowest BCUT2D eigenvalue weighted by atomic mass is 9.88. The predicted molar refractivity (Wildman–Crippen MR) is 52.1 cm³/mol. The molecule has 2 atom stereocenters. The first-order chi connectivity index (χ1) is 6.26. The normalized spacial score (nSPS) is 35.7. The Hall–Kier alpha value is -0.550. The maximum atomic E-state index is 9.13. The van der Waals surface area contributed by atoms with Gasteiger partial charge in [0.05, 0.1) is 11.5 Å². The van der Waals surface area contributed by atoms with Crippen molar-refractivity contribution < 1.29 is 0 Å². The van der Waals surface area contributed by atoms with E-state index in [-0.39, 0.29) is 5.41 Å². The van der Waals surface area contributed by atoms with Crippen molar-refractivity contribution in [1.82, 2.24) is 5.32 Å². The molecule has 13 heavy (non-hydrogen) atoms. The van der Waals surface area contributed by atoms with E-state index in [9.17, 15) is 0 Å². The van der Waals surface area contributed by atoms with Crippen molar-refractivity contribution in [3.05, 3.63) is 0 Å². The van der Waals surface area contributed by atoms with E-state index < -0.39 is 0 Å². The molecule has 0 aromatic carbocycles. The molecule has 0 saturated heterocycles. The average Bonchev–Trinajstić information content (AvgIpc) is 2.69. The summed E-state index contributed by atoms with van der Waals surface area (Å²) in [4.78, 5) is 0. The van der Waals surface area contributed by atoms with E-state index in [1.807, 2.05) is 0 Å². The van der Waals surface area contributed by atoms with Crippen LogP contribution in [0.5, 0.6) is 0 Å². The molecule has 0 spiro atoms. The van der Waals surface area contributed by atoms with Gasteiger partial charge >= 0.3 is 0 Å². The zero-order chi connectivity index (χ0) is 9.31. The molecule has 0 aromatic rings. The fraction of sp³-hybridized carbons (Fsp3) is 0.909. The van der Waals surface area contributed by atoms with Gasteiger partial charge in [-0.2, -0.15) is 5.26 Å². The van der Waals surface area contributed by atoms with E-state index in [1.54, 1.807) is 0 Å². The summed E-state index contributed by atoms with van der Waals surface area (Å²) < 4.78 is 0. The number of nitrogens with one attached hydrogen (secondary N) is 1. The molecule has 2 fully saturated rings. The van der Waals surface area contributed by atoms with Gasteiger partial charge in [-0.05, 0) is 25.2 Å². The lowest BCUT2D eigenvalue weighted by molar-refractivity contribution is 0.374. The van der Waals surface area contributed by atoms with E-state index in [2.05, 4.69) is 18.3 Å². The Labute approximate surface area is 80.3 Å². The van der Waals surface area contributed by atoms with Crippen LogP contribution in [0.25, 0.3) is 0 Å². The van der Waals surface area contributed by atoms with Gasteiger partial charge in [0.15, 0.2) is 0 Å². The van der Waals surface area contributed by atoms with Crippen LogP contribution >= 0.6 is 0 Å². The fourth-order valence-corrected chi connectivity index (χ4v) is 2.31. The van der Waals surface area contributed by atoms with Gasteiger partial charge in [-0.1, -0.05) is 19.8 Å². The van der Waals surface area contributed by atoms with Crippen LogP contribution in [-0.4, -0.2) is 12.6 Å². The Balaban J connectivity index is 1.81. The third kappa shape index (κ3) is 1.86. The van der Waals surface area contributed by atoms with Gasteiger partial charge in [-0.15, -0.1) is 0 Å². The molecule has 0 bridgehead atoms. The van der Waals surface area contributed by atoms with Crippen LogP contribution in [0.1, 0.15) is 39.0 Å². The van der Waals surface area contributed by atoms with E-state index in [1.165, 1.54) is 19.3 Å². The maximum Gasteiger partial charge on any atom is 0.0703 e. The highest BCUT2D eigenvalue weighted by Gasteiger charge is 2.38. The average molecular weight is 178 g/mol. The molecule has 2 aliphatic rings. The van der Waals surface area contributed by atoms with Gasteiger partial charge in [0.2, 0.25) is 0 Å². The highest BCUT2D eigenvalue weighted by Crippen LogP contribution is 2.38. The van der Waals surface area contributed by atoms with E-state index in [0.29, 0.717) is 6.04 Å². The van der Waals surface area contributed by atoms with Crippen LogP contribution in [0.15, 0.2) is 0 Å². The fourth-order valence-electron chi connectivity index (χ4n) is 2.31. The Morgan fingerprint density at radius 2 is 2.08 bits per heavy atom. The Bertz CT molecular complexity index is 223. The molecule has 2 rings (SSSR count). The second-order valence-corrected chi connectivity index (χ2v) is 4.80. The second kappa shape index (κ2) is 3.31. The predicted octanol–water partition coefficient (Wildman–Crippen LogP) is 2.07. The quantitative estimate of drug-likeness (QED) is 0.718. The van der Waals surface area contributed by atoms with Crippen LogP contribution in [0.3, 0.4) is 0 Å². The summed E-state index contributed by atoms with van der Waals surface area (Å²) in [6.07, 6.45) is 6.02. The van der Waals surface area contributed by atoms with Gasteiger partial charge in [-0.25, -0.2) is 0 Å². The van der Waals surface area contributed by atoms with Crippen molar-refractivity contribution in [2.24, 2.45) is 11.3 Å². The van der Waals surface area contributed by atoms with Crippen LogP contribution in [0.2, 0.25) is 0 Å². The van der Waals surface area contributed by atoms with Crippen molar-refractivity contribution in [3.63, 3.8) is 0 Å². The molecule has 2 saturated carbocycles. The number of hydrogen-bond donors (Lipinski definition) is 1. The summed E-state index contributed by atoms with van der Waals surface area (Å²) >= 11 is 0. The minimum absolute atomic E-state index is 0.0116. The van der Waals surface area contributed by atoms with Crippen molar-refractivity contribution >= 4 is 0 Å². The minimum atomic E-state index is -0.0116. The molecule has 2 unspecified atom stereocenters. The maximum absolute atomic E-state index is 9.13. The molecular formula is C11H18N2. The number of hydrogen-bond acceptors (Lipinski definition) is 2. The summed E-state index contributed by atoms with van der Waals surface area (Å²) in [5.74, 6) is 0.845. The van der Waals surface area contributed by atoms with E-state index in [0.717, 1.165) is 25.3 Å². The monoisotopic (exact) mass is 178 g/mol. The van der Waals surface area contributed by atoms with Gasteiger partial charge in [-0.3, -0.25) is 0 Å². The van der Waals surface area contributed by atoms with E-state index in [4.69, 9.17) is 5.26 Å². The Morgan fingerprint density at radius 1 is 1.46 bits per heavy atom. The third-order valence-corrected chi connectivity index (χ3v) is 3.61. The molecule has 72 valence electrons. The van der Waals surface area contributed by atoms with Gasteiger partial charge in [0, 0.05) is 12.6 Å². The number of nitrogens with zero attached hydrogens (tertiary/aromatic N) is 1.